The molecule has 6 nitrogen and oxygen atoms in total. The highest BCUT2D eigenvalue weighted by atomic mass is 19.1. The molecule has 0 unspecified atom stereocenters. The van der Waals surface area contributed by atoms with Crippen molar-refractivity contribution in [1.82, 2.24) is 19.8 Å². The van der Waals surface area contributed by atoms with Crippen molar-refractivity contribution in [3.63, 3.8) is 0 Å². The molecule has 0 bridgehead atoms. The quantitative estimate of drug-likeness (QED) is 0.580. The van der Waals surface area contributed by atoms with Gasteiger partial charge in [0.2, 0.25) is 5.91 Å². The van der Waals surface area contributed by atoms with Crippen LogP contribution in [0.1, 0.15) is 18.4 Å². The van der Waals surface area contributed by atoms with Gasteiger partial charge in [-0.05, 0) is 36.6 Å². The Labute approximate surface area is 200 Å². The van der Waals surface area contributed by atoms with Crippen LogP contribution < -0.4 is 4.90 Å². The van der Waals surface area contributed by atoms with E-state index in [1.54, 1.807) is 12.3 Å². The van der Waals surface area contributed by atoms with Gasteiger partial charge < -0.3 is 9.80 Å². The fraction of sp³-hybridized carbons (Fsp3) is 0.370. The number of anilines is 1. The minimum Gasteiger partial charge on any atom is -0.356 e. The number of piperidine rings is 1. The van der Waals surface area contributed by atoms with E-state index in [9.17, 15) is 9.18 Å². The van der Waals surface area contributed by atoms with E-state index in [0.29, 0.717) is 17.9 Å². The van der Waals surface area contributed by atoms with Crippen LogP contribution in [0.25, 0.3) is 11.4 Å². The van der Waals surface area contributed by atoms with E-state index in [2.05, 4.69) is 44.0 Å². The molecule has 0 radical (unpaired) electrons. The number of halogens is 1. The van der Waals surface area contributed by atoms with Crippen molar-refractivity contribution in [2.24, 2.45) is 5.92 Å². The zero-order chi connectivity index (χ0) is 23.3. The van der Waals surface area contributed by atoms with Crippen molar-refractivity contribution in [3.8, 4) is 11.4 Å². The SMILES string of the molecule is O=C([C@H]1CCCN(c2ccnc(-c3cccc(F)c3)n2)C1)N1CCN(Cc2ccccc2)CC1. The van der Waals surface area contributed by atoms with Crippen molar-refractivity contribution in [1.29, 1.82) is 0 Å². The number of amides is 1. The normalized spacial score (nSPS) is 19.3. The lowest BCUT2D eigenvalue weighted by Gasteiger charge is -2.39. The number of carbonyl (C=O) groups excluding carboxylic acids is 1. The number of aromatic nitrogens is 2. The van der Waals surface area contributed by atoms with Crippen molar-refractivity contribution in [3.05, 3.63) is 78.2 Å². The van der Waals surface area contributed by atoms with Crippen LogP contribution in [-0.4, -0.2) is 64.9 Å². The molecule has 0 aliphatic carbocycles. The first-order chi connectivity index (χ1) is 16.7. The van der Waals surface area contributed by atoms with Gasteiger partial charge in [-0.25, -0.2) is 14.4 Å². The second-order valence-electron chi connectivity index (χ2n) is 9.12. The van der Waals surface area contributed by atoms with E-state index in [0.717, 1.165) is 57.9 Å². The number of rotatable bonds is 5. The van der Waals surface area contributed by atoms with Crippen molar-refractivity contribution in [2.75, 3.05) is 44.2 Å². The van der Waals surface area contributed by atoms with E-state index < -0.39 is 0 Å². The Morgan fingerprint density at radius 2 is 1.79 bits per heavy atom. The molecule has 34 heavy (non-hydrogen) atoms. The van der Waals surface area contributed by atoms with Gasteiger partial charge in [0.1, 0.15) is 11.6 Å². The lowest BCUT2D eigenvalue weighted by Crippen LogP contribution is -2.52. The summed E-state index contributed by atoms with van der Waals surface area (Å²) in [5, 5.41) is 0. The second-order valence-corrected chi connectivity index (χ2v) is 9.12. The Bertz CT molecular complexity index is 1120. The number of hydrogen-bond donors (Lipinski definition) is 0. The Kier molecular flexibility index (Phi) is 6.81. The van der Waals surface area contributed by atoms with Crippen LogP contribution in [0.2, 0.25) is 0 Å². The first-order valence-corrected chi connectivity index (χ1v) is 12.0. The molecule has 5 rings (SSSR count). The summed E-state index contributed by atoms with van der Waals surface area (Å²) in [5.74, 6) is 1.21. The number of carbonyl (C=O) groups is 1. The monoisotopic (exact) mass is 459 g/mol. The summed E-state index contributed by atoms with van der Waals surface area (Å²) in [5.41, 5.74) is 1.97. The van der Waals surface area contributed by atoms with Crippen LogP contribution in [0, 0.1) is 11.7 Å². The van der Waals surface area contributed by atoms with Crippen LogP contribution in [0.5, 0.6) is 0 Å². The number of hydrogen-bond acceptors (Lipinski definition) is 5. The van der Waals surface area contributed by atoms with Crippen molar-refractivity contribution < 1.29 is 9.18 Å². The topological polar surface area (TPSA) is 52.6 Å². The Morgan fingerprint density at radius 1 is 0.971 bits per heavy atom. The molecule has 0 N–H and O–H groups in total. The fourth-order valence-corrected chi connectivity index (χ4v) is 4.90. The van der Waals surface area contributed by atoms with E-state index in [1.807, 2.05) is 23.1 Å². The Hall–Kier alpha value is -3.32. The third kappa shape index (κ3) is 5.25. The minimum atomic E-state index is -0.306. The maximum atomic E-state index is 13.6. The van der Waals surface area contributed by atoms with Crippen molar-refractivity contribution in [2.45, 2.75) is 19.4 Å². The molecular weight excluding hydrogens is 429 g/mol. The average molecular weight is 460 g/mol. The highest BCUT2D eigenvalue weighted by molar-refractivity contribution is 5.80. The van der Waals surface area contributed by atoms with E-state index in [4.69, 9.17) is 0 Å². The molecule has 0 spiro atoms. The maximum Gasteiger partial charge on any atom is 0.227 e. The molecule has 0 saturated carbocycles. The molecule has 3 aromatic rings. The molecule has 1 atom stereocenters. The molecule has 2 fully saturated rings. The summed E-state index contributed by atoms with van der Waals surface area (Å²) >= 11 is 0. The smallest absolute Gasteiger partial charge is 0.227 e. The van der Waals surface area contributed by atoms with Crippen LogP contribution in [0.15, 0.2) is 66.9 Å². The molecule has 7 heteroatoms. The lowest BCUT2D eigenvalue weighted by molar-refractivity contribution is -0.137. The average Bonchev–Trinajstić information content (AvgIpc) is 2.89. The highest BCUT2D eigenvalue weighted by Crippen LogP contribution is 2.25. The first-order valence-electron chi connectivity index (χ1n) is 12.0. The summed E-state index contributed by atoms with van der Waals surface area (Å²) < 4.78 is 13.6. The first kappa shape index (κ1) is 22.5. The van der Waals surface area contributed by atoms with Crippen molar-refractivity contribution >= 4 is 11.7 Å². The van der Waals surface area contributed by atoms with Gasteiger partial charge >= 0.3 is 0 Å². The van der Waals surface area contributed by atoms with Crippen LogP contribution in [0.3, 0.4) is 0 Å². The maximum absolute atomic E-state index is 13.6. The van der Waals surface area contributed by atoms with Gasteiger partial charge in [0.05, 0.1) is 5.92 Å². The zero-order valence-electron chi connectivity index (χ0n) is 19.3. The molecule has 2 aromatic carbocycles. The number of piperazine rings is 1. The van der Waals surface area contributed by atoms with Crippen LogP contribution >= 0.6 is 0 Å². The molecule has 3 heterocycles. The third-order valence-electron chi connectivity index (χ3n) is 6.75. The molecular formula is C27H30FN5O. The Balaban J connectivity index is 1.19. The molecule has 2 saturated heterocycles. The highest BCUT2D eigenvalue weighted by Gasteiger charge is 2.31. The van der Waals surface area contributed by atoms with E-state index >= 15 is 0 Å². The van der Waals surface area contributed by atoms with Gasteiger partial charge in [-0.1, -0.05) is 42.5 Å². The molecule has 1 aromatic heterocycles. The fourth-order valence-electron chi connectivity index (χ4n) is 4.90. The van der Waals surface area contributed by atoms with Crippen LogP contribution in [0.4, 0.5) is 10.2 Å². The van der Waals surface area contributed by atoms with Gasteiger partial charge in [0.15, 0.2) is 5.82 Å². The minimum absolute atomic E-state index is 0.0259. The standard InChI is InChI=1S/C27H30FN5O/c28-24-10-4-8-22(18-24)26-29-12-11-25(30-26)33-13-5-9-23(20-33)27(34)32-16-14-31(15-17-32)19-21-6-2-1-3-7-21/h1-4,6-8,10-12,18,23H,5,9,13-17,19-20H2/t23-/m0/s1. The van der Waals surface area contributed by atoms with Gasteiger partial charge in [0.25, 0.3) is 0 Å². The zero-order valence-corrected chi connectivity index (χ0v) is 19.3. The predicted molar refractivity (Wildman–Crippen MR) is 131 cm³/mol. The van der Waals surface area contributed by atoms with Crippen LogP contribution in [-0.2, 0) is 11.3 Å². The number of nitrogens with zero attached hydrogens (tertiary/aromatic N) is 5. The Morgan fingerprint density at radius 3 is 2.59 bits per heavy atom. The van der Waals surface area contributed by atoms with Gasteiger partial charge in [-0.3, -0.25) is 9.69 Å². The van der Waals surface area contributed by atoms with E-state index in [-0.39, 0.29) is 17.6 Å². The summed E-state index contributed by atoms with van der Waals surface area (Å²) in [6, 6.07) is 18.7. The largest absolute Gasteiger partial charge is 0.356 e. The summed E-state index contributed by atoms with van der Waals surface area (Å²) in [6.07, 6.45) is 3.56. The second kappa shape index (κ2) is 10.3. The number of benzene rings is 2. The molecule has 176 valence electrons. The lowest BCUT2D eigenvalue weighted by atomic mass is 9.96. The summed E-state index contributed by atoms with van der Waals surface area (Å²) in [4.78, 5) is 29.0. The molecule has 1 amide bonds. The third-order valence-corrected chi connectivity index (χ3v) is 6.75. The summed E-state index contributed by atoms with van der Waals surface area (Å²) in [6.45, 7) is 5.80. The predicted octanol–water partition coefficient (Wildman–Crippen LogP) is 3.84. The van der Waals surface area contributed by atoms with Gasteiger partial charge in [0, 0.05) is 57.6 Å². The van der Waals surface area contributed by atoms with Gasteiger partial charge in [-0.15, -0.1) is 0 Å². The molecule has 2 aliphatic rings. The van der Waals surface area contributed by atoms with Gasteiger partial charge in [-0.2, -0.15) is 0 Å². The summed E-state index contributed by atoms with van der Waals surface area (Å²) in [7, 11) is 0. The van der Waals surface area contributed by atoms with E-state index in [1.165, 1.54) is 17.7 Å². The molecule has 2 aliphatic heterocycles.